The van der Waals surface area contributed by atoms with Crippen LogP contribution in [0.4, 0.5) is 4.39 Å². The van der Waals surface area contributed by atoms with Gasteiger partial charge in [-0.05, 0) is 12.1 Å². The molecule has 0 fully saturated rings. The zero-order valence-corrected chi connectivity index (χ0v) is 7.93. The van der Waals surface area contributed by atoms with E-state index in [1.54, 1.807) is 20.0 Å². The second kappa shape index (κ2) is 3.73. The maximum absolute atomic E-state index is 12.4. The minimum Gasteiger partial charge on any atom is -0.365 e. The molecule has 3 heteroatoms. The van der Waals surface area contributed by atoms with Crippen molar-refractivity contribution in [3.05, 3.63) is 24.0 Å². The SMILES string of the molecule is CC(C)(CF)C(=O)Cc1ccc[nH]1. The van der Waals surface area contributed by atoms with Gasteiger partial charge in [0.15, 0.2) is 0 Å². The molecule has 0 spiro atoms. The molecule has 72 valence electrons. The number of rotatable bonds is 4. The van der Waals surface area contributed by atoms with Gasteiger partial charge in [0.1, 0.15) is 12.5 Å². The number of aromatic amines is 1. The van der Waals surface area contributed by atoms with Crippen LogP contribution in [0.2, 0.25) is 0 Å². The molecule has 1 aromatic rings. The van der Waals surface area contributed by atoms with Crippen molar-refractivity contribution >= 4 is 5.78 Å². The van der Waals surface area contributed by atoms with Gasteiger partial charge >= 0.3 is 0 Å². The number of aromatic nitrogens is 1. The van der Waals surface area contributed by atoms with Crippen molar-refractivity contribution in [1.29, 1.82) is 0 Å². The lowest BCUT2D eigenvalue weighted by Crippen LogP contribution is -2.28. The van der Waals surface area contributed by atoms with Gasteiger partial charge in [-0.25, -0.2) is 0 Å². The molecule has 1 rings (SSSR count). The number of hydrogen-bond acceptors (Lipinski definition) is 1. The Bertz CT molecular complexity index is 277. The van der Waals surface area contributed by atoms with Gasteiger partial charge in [-0.1, -0.05) is 13.8 Å². The number of carbonyl (C=O) groups excluding carboxylic acids is 1. The second-order valence-corrected chi connectivity index (χ2v) is 3.81. The third kappa shape index (κ3) is 2.41. The number of alkyl halides is 1. The normalized spacial score (nSPS) is 11.6. The number of carbonyl (C=O) groups is 1. The third-order valence-electron chi connectivity index (χ3n) is 2.10. The molecule has 0 bridgehead atoms. The van der Waals surface area contributed by atoms with E-state index in [4.69, 9.17) is 0 Å². The highest BCUT2D eigenvalue weighted by molar-refractivity contribution is 5.85. The molecule has 0 saturated heterocycles. The van der Waals surface area contributed by atoms with Gasteiger partial charge < -0.3 is 4.98 Å². The monoisotopic (exact) mass is 183 g/mol. The van der Waals surface area contributed by atoms with Crippen molar-refractivity contribution in [2.45, 2.75) is 20.3 Å². The molecule has 1 N–H and O–H groups in total. The van der Waals surface area contributed by atoms with E-state index in [1.807, 2.05) is 12.1 Å². The van der Waals surface area contributed by atoms with Crippen LogP contribution in [0.5, 0.6) is 0 Å². The van der Waals surface area contributed by atoms with E-state index in [1.165, 1.54) is 0 Å². The van der Waals surface area contributed by atoms with Crippen LogP contribution in [-0.4, -0.2) is 17.4 Å². The Kier molecular flexibility index (Phi) is 2.86. The largest absolute Gasteiger partial charge is 0.365 e. The molecular weight excluding hydrogens is 169 g/mol. The van der Waals surface area contributed by atoms with Gasteiger partial charge in [-0.15, -0.1) is 0 Å². The molecule has 1 heterocycles. The van der Waals surface area contributed by atoms with Crippen LogP contribution in [0.1, 0.15) is 19.5 Å². The van der Waals surface area contributed by atoms with E-state index >= 15 is 0 Å². The zero-order valence-electron chi connectivity index (χ0n) is 7.93. The van der Waals surface area contributed by atoms with E-state index in [-0.39, 0.29) is 12.2 Å². The van der Waals surface area contributed by atoms with Crippen LogP contribution < -0.4 is 0 Å². The van der Waals surface area contributed by atoms with Crippen LogP contribution in [-0.2, 0) is 11.2 Å². The quantitative estimate of drug-likeness (QED) is 0.762. The van der Waals surface area contributed by atoms with Crippen LogP contribution in [0.15, 0.2) is 18.3 Å². The average molecular weight is 183 g/mol. The predicted octanol–water partition coefficient (Wildman–Crippen LogP) is 2.12. The summed E-state index contributed by atoms with van der Waals surface area (Å²) in [5, 5.41) is 0. The number of ketones is 1. The van der Waals surface area contributed by atoms with Gasteiger partial charge in [0.2, 0.25) is 0 Å². The first kappa shape index (κ1) is 9.96. The maximum atomic E-state index is 12.4. The summed E-state index contributed by atoms with van der Waals surface area (Å²) in [6.07, 6.45) is 2.04. The smallest absolute Gasteiger partial charge is 0.146 e. The van der Waals surface area contributed by atoms with E-state index < -0.39 is 12.1 Å². The Balaban J connectivity index is 2.61. The van der Waals surface area contributed by atoms with E-state index in [0.717, 1.165) is 5.69 Å². The van der Waals surface area contributed by atoms with Crippen LogP contribution in [0.25, 0.3) is 0 Å². The Morgan fingerprint density at radius 1 is 1.62 bits per heavy atom. The Hall–Kier alpha value is -1.12. The zero-order chi connectivity index (χ0) is 9.90. The first-order valence-corrected chi connectivity index (χ1v) is 4.28. The number of Topliss-reactive ketones (excluding diaryl/α,β-unsaturated/α-hetero) is 1. The van der Waals surface area contributed by atoms with Crippen LogP contribution >= 0.6 is 0 Å². The van der Waals surface area contributed by atoms with Crippen LogP contribution in [0, 0.1) is 5.41 Å². The summed E-state index contributed by atoms with van der Waals surface area (Å²) in [4.78, 5) is 14.4. The molecule has 0 unspecified atom stereocenters. The fourth-order valence-corrected chi connectivity index (χ4v) is 0.964. The van der Waals surface area contributed by atoms with Crippen molar-refractivity contribution in [2.24, 2.45) is 5.41 Å². The molecular formula is C10H14FNO. The van der Waals surface area contributed by atoms with Gasteiger partial charge in [-0.3, -0.25) is 9.18 Å². The highest BCUT2D eigenvalue weighted by Gasteiger charge is 2.27. The molecule has 13 heavy (non-hydrogen) atoms. The van der Waals surface area contributed by atoms with E-state index in [0.29, 0.717) is 0 Å². The van der Waals surface area contributed by atoms with Crippen molar-refractivity contribution in [3.63, 3.8) is 0 Å². The summed E-state index contributed by atoms with van der Waals surface area (Å²) in [6.45, 7) is 2.64. The highest BCUT2D eigenvalue weighted by Crippen LogP contribution is 2.19. The minimum absolute atomic E-state index is 0.0718. The number of halogens is 1. The summed E-state index contributed by atoms with van der Waals surface area (Å²) in [5.74, 6) is -0.0718. The summed E-state index contributed by atoms with van der Waals surface area (Å²) < 4.78 is 12.4. The lowest BCUT2D eigenvalue weighted by Gasteiger charge is -2.17. The fraction of sp³-hybridized carbons (Fsp3) is 0.500. The lowest BCUT2D eigenvalue weighted by molar-refractivity contribution is -0.127. The molecule has 0 radical (unpaired) electrons. The third-order valence-corrected chi connectivity index (χ3v) is 2.10. The standard InChI is InChI=1S/C10H14FNO/c1-10(2,7-11)9(13)6-8-4-3-5-12-8/h3-5,12H,6-7H2,1-2H3. The van der Waals surface area contributed by atoms with Crippen molar-refractivity contribution < 1.29 is 9.18 Å². The molecule has 1 aromatic heterocycles. The maximum Gasteiger partial charge on any atom is 0.146 e. The second-order valence-electron chi connectivity index (χ2n) is 3.81. The van der Waals surface area contributed by atoms with Crippen LogP contribution in [0.3, 0.4) is 0 Å². The minimum atomic E-state index is -0.856. The molecule has 2 nitrogen and oxygen atoms in total. The van der Waals surface area contributed by atoms with E-state index in [9.17, 15) is 9.18 Å². The Morgan fingerprint density at radius 3 is 2.77 bits per heavy atom. The van der Waals surface area contributed by atoms with Gasteiger partial charge in [0.05, 0.1) is 5.41 Å². The predicted molar refractivity (Wildman–Crippen MR) is 49.3 cm³/mol. The van der Waals surface area contributed by atoms with E-state index in [2.05, 4.69) is 4.98 Å². The molecule has 0 aliphatic carbocycles. The average Bonchev–Trinajstić information content (AvgIpc) is 2.57. The van der Waals surface area contributed by atoms with Gasteiger partial charge in [-0.2, -0.15) is 0 Å². The summed E-state index contributed by atoms with van der Waals surface area (Å²) in [7, 11) is 0. The van der Waals surface area contributed by atoms with Crippen molar-refractivity contribution in [2.75, 3.05) is 6.67 Å². The fourth-order valence-electron chi connectivity index (χ4n) is 0.964. The number of H-pyrrole nitrogens is 1. The van der Waals surface area contributed by atoms with Gasteiger partial charge in [0, 0.05) is 18.3 Å². The van der Waals surface area contributed by atoms with Gasteiger partial charge in [0.25, 0.3) is 0 Å². The number of hydrogen-bond donors (Lipinski definition) is 1. The lowest BCUT2D eigenvalue weighted by atomic mass is 9.87. The molecule has 0 aromatic carbocycles. The summed E-state index contributed by atoms with van der Waals surface area (Å²) in [6, 6.07) is 3.65. The molecule has 0 atom stereocenters. The topological polar surface area (TPSA) is 32.9 Å². The molecule has 0 aliphatic heterocycles. The summed E-state index contributed by atoms with van der Waals surface area (Å²) in [5.41, 5.74) is -0.0167. The Labute approximate surface area is 77.2 Å². The number of nitrogens with one attached hydrogen (secondary N) is 1. The molecule has 0 aliphatic rings. The van der Waals surface area contributed by atoms with Crippen molar-refractivity contribution in [3.8, 4) is 0 Å². The summed E-state index contributed by atoms with van der Waals surface area (Å²) >= 11 is 0. The first-order chi connectivity index (χ1) is 6.06. The Morgan fingerprint density at radius 2 is 2.31 bits per heavy atom. The van der Waals surface area contributed by atoms with Crippen molar-refractivity contribution in [1.82, 2.24) is 4.98 Å². The first-order valence-electron chi connectivity index (χ1n) is 4.28. The molecule has 0 saturated carbocycles. The molecule has 0 amide bonds. The highest BCUT2D eigenvalue weighted by atomic mass is 19.1.